The number of rotatable bonds is 1. The van der Waals surface area contributed by atoms with Crippen LogP contribution in [-0.4, -0.2) is 66.2 Å². The lowest BCUT2D eigenvalue weighted by atomic mass is 9.90. The Morgan fingerprint density at radius 1 is 1.17 bits per heavy atom. The first-order valence-electron chi connectivity index (χ1n) is 10.1. The molecule has 152 valence electrons. The third kappa shape index (κ3) is 3.24. The van der Waals surface area contributed by atoms with Gasteiger partial charge in [-0.15, -0.1) is 11.8 Å². The molecule has 2 N–H and O–H groups in total. The number of carbonyl (C=O) groups is 3. The summed E-state index contributed by atoms with van der Waals surface area (Å²) in [5.41, 5.74) is 0.663. The third-order valence-corrected chi connectivity index (χ3v) is 7.49. The Morgan fingerprint density at radius 3 is 2.66 bits per heavy atom. The smallest absolute Gasteiger partial charge is 0.410 e. The summed E-state index contributed by atoms with van der Waals surface area (Å²) in [5, 5.41) is 2.16. The highest BCUT2D eigenvalue weighted by Crippen LogP contribution is 2.47. The quantitative estimate of drug-likeness (QED) is 0.693. The normalized spacial score (nSPS) is 25.5. The Labute approximate surface area is 172 Å². The van der Waals surface area contributed by atoms with Crippen molar-refractivity contribution in [3.8, 4) is 0 Å². The summed E-state index contributed by atoms with van der Waals surface area (Å²) in [6.45, 7) is 2.97. The average molecular weight is 415 g/mol. The molecule has 0 aromatic heterocycles. The molecule has 2 saturated heterocycles. The minimum Gasteiger partial charge on any atom is -0.484 e. The number of carbonyl (C=O) groups excluding carboxylic acids is 3. The monoisotopic (exact) mass is 415 g/mol. The van der Waals surface area contributed by atoms with Crippen molar-refractivity contribution in [2.75, 3.05) is 31.9 Å². The Hall–Kier alpha value is -2.32. The van der Waals surface area contributed by atoms with Crippen molar-refractivity contribution < 1.29 is 29.2 Å². The van der Waals surface area contributed by atoms with Crippen LogP contribution in [0.5, 0.6) is 0 Å². The van der Waals surface area contributed by atoms with Crippen LogP contribution in [-0.2, 0) is 14.3 Å². The zero-order valence-corrected chi connectivity index (χ0v) is 16.8. The third-order valence-electron chi connectivity index (χ3n) is 6.16. The number of Topliss-reactive ketones (excluding diaryl/α,β-unsaturated/α-hetero) is 2. The molecule has 2 fully saturated rings. The van der Waals surface area contributed by atoms with Gasteiger partial charge < -0.3 is 19.7 Å². The number of nitrogens with two attached hydrogens (primary N) is 1. The Morgan fingerprint density at radius 2 is 1.93 bits per heavy atom. The van der Waals surface area contributed by atoms with E-state index in [4.69, 9.17) is 9.47 Å². The second-order valence-corrected chi connectivity index (χ2v) is 9.02. The van der Waals surface area contributed by atoms with E-state index in [1.807, 2.05) is 12.1 Å². The number of piperidine rings is 1. The topological polar surface area (TPSA) is 89.5 Å². The van der Waals surface area contributed by atoms with Gasteiger partial charge >= 0.3 is 6.09 Å². The van der Waals surface area contributed by atoms with Gasteiger partial charge in [0.15, 0.2) is 6.10 Å². The van der Waals surface area contributed by atoms with Gasteiger partial charge in [0.1, 0.15) is 22.8 Å². The maximum atomic E-state index is 12.5. The fourth-order valence-electron chi connectivity index (χ4n) is 4.40. The lowest BCUT2D eigenvalue weighted by molar-refractivity contribution is -0.638. The molecule has 0 radical (unpaired) electrons. The molecule has 5 rings (SSSR count). The van der Waals surface area contributed by atoms with E-state index in [1.54, 1.807) is 17.0 Å². The molecule has 29 heavy (non-hydrogen) atoms. The zero-order chi connectivity index (χ0) is 20.0. The van der Waals surface area contributed by atoms with Crippen LogP contribution in [0.2, 0.25) is 0 Å². The van der Waals surface area contributed by atoms with E-state index in [9.17, 15) is 14.4 Å². The van der Waals surface area contributed by atoms with E-state index in [2.05, 4.69) is 5.32 Å². The lowest BCUT2D eigenvalue weighted by Gasteiger charge is -2.45. The molecule has 1 spiro atoms. The SMILES string of the molecule is O=C1C(=O)c2ccccc2C2=C1SCC1(CCN(C(=O)OC3CC[NH2+]C3)CC1)O2. The van der Waals surface area contributed by atoms with Gasteiger partial charge in [0, 0.05) is 49.2 Å². The summed E-state index contributed by atoms with van der Waals surface area (Å²) in [4.78, 5) is 39.5. The molecule has 3 heterocycles. The first kappa shape index (κ1) is 18.7. The van der Waals surface area contributed by atoms with Gasteiger partial charge in [-0.2, -0.15) is 0 Å². The minimum absolute atomic E-state index is 0.00914. The lowest BCUT2D eigenvalue weighted by Crippen LogP contribution is -2.81. The summed E-state index contributed by atoms with van der Waals surface area (Å²) >= 11 is 1.41. The molecule has 0 bridgehead atoms. The number of benzene rings is 1. The van der Waals surface area contributed by atoms with Gasteiger partial charge in [-0.1, -0.05) is 24.3 Å². The molecule has 4 aliphatic rings. The number of thioether (sulfide) groups is 1. The number of allylic oxidation sites excluding steroid dienone is 1. The van der Waals surface area contributed by atoms with Crippen LogP contribution in [0.25, 0.3) is 5.76 Å². The summed E-state index contributed by atoms with van der Waals surface area (Å²) in [6.07, 6.45) is 2.02. The number of ketones is 2. The van der Waals surface area contributed by atoms with E-state index in [0.29, 0.717) is 53.5 Å². The van der Waals surface area contributed by atoms with E-state index in [1.165, 1.54) is 11.8 Å². The Bertz CT molecular complexity index is 913. The Balaban J connectivity index is 1.31. The van der Waals surface area contributed by atoms with Crippen LogP contribution >= 0.6 is 11.8 Å². The van der Waals surface area contributed by atoms with E-state index < -0.39 is 17.2 Å². The van der Waals surface area contributed by atoms with Crippen molar-refractivity contribution in [1.29, 1.82) is 0 Å². The van der Waals surface area contributed by atoms with Crippen LogP contribution in [0.4, 0.5) is 4.79 Å². The van der Waals surface area contributed by atoms with Gasteiger partial charge in [-0.05, 0) is 0 Å². The fourth-order valence-corrected chi connectivity index (χ4v) is 5.67. The number of ether oxygens (including phenoxy) is 2. The number of likely N-dealkylation sites (tertiary alicyclic amines) is 1. The summed E-state index contributed by atoms with van der Waals surface area (Å²) in [7, 11) is 0. The minimum atomic E-state index is -0.479. The van der Waals surface area contributed by atoms with Gasteiger partial charge in [-0.3, -0.25) is 9.59 Å². The molecule has 1 aromatic carbocycles. The molecule has 1 amide bonds. The van der Waals surface area contributed by atoms with Crippen LogP contribution < -0.4 is 5.32 Å². The summed E-state index contributed by atoms with van der Waals surface area (Å²) in [6, 6.07) is 7.11. The van der Waals surface area contributed by atoms with E-state index in [0.717, 1.165) is 19.5 Å². The van der Waals surface area contributed by atoms with E-state index in [-0.39, 0.29) is 12.2 Å². The van der Waals surface area contributed by atoms with Crippen molar-refractivity contribution in [1.82, 2.24) is 4.90 Å². The van der Waals surface area contributed by atoms with Gasteiger partial charge in [0.05, 0.1) is 6.54 Å². The molecule has 8 heteroatoms. The van der Waals surface area contributed by atoms with Crippen LogP contribution in [0.3, 0.4) is 0 Å². The predicted molar refractivity (Wildman–Crippen MR) is 106 cm³/mol. The number of nitrogens with zero attached hydrogens (tertiary/aromatic N) is 1. The van der Waals surface area contributed by atoms with Crippen molar-refractivity contribution in [3.63, 3.8) is 0 Å². The molecule has 3 aliphatic heterocycles. The van der Waals surface area contributed by atoms with Crippen molar-refractivity contribution >= 4 is 35.2 Å². The highest BCUT2D eigenvalue weighted by molar-refractivity contribution is 8.04. The maximum Gasteiger partial charge on any atom is 0.410 e. The standard InChI is InChI=1S/C21H22N2O5S/c24-16-14-3-1-2-4-15(14)18-19(17(16)25)29-12-21(28-18)6-9-23(10-7-21)20(26)27-13-5-8-22-11-13/h1-4,13,22H,5-12H2/p+1. The largest absolute Gasteiger partial charge is 0.484 e. The zero-order valence-electron chi connectivity index (χ0n) is 16.0. The van der Waals surface area contributed by atoms with Crippen molar-refractivity contribution in [2.24, 2.45) is 0 Å². The van der Waals surface area contributed by atoms with Crippen LogP contribution in [0, 0.1) is 0 Å². The van der Waals surface area contributed by atoms with Crippen LogP contribution in [0.15, 0.2) is 29.2 Å². The second kappa shape index (κ2) is 7.18. The highest BCUT2D eigenvalue weighted by Gasteiger charge is 2.46. The molecular weight excluding hydrogens is 392 g/mol. The molecule has 1 unspecified atom stereocenters. The van der Waals surface area contributed by atoms with Crippen molar-refractivity contribution in [2.45, 2.75) is 31.0 Å². The summed E-state index contributed by atoms with van der Waals surface area (Å²) < 4.78 is 12.0. The van der Waals surface area contributed by atoms with E-state index >= 15 is 0 Å². The van der Waals surface area contributed by atoms with Gasteiger partial charge in [0.25, 0.3) is 0 Å². The number of quaternary nitrogens is 1. The number of amides is 1. The van der Waals surface area contributed by atoms with Crippen molar-refractivity contribution in [3.05, 3.63) is 40.3 Å². The first-order valence-corrected chi connectivity index (χ1v) is 11.1. The maximum absolute atomic E-state index is 12.5. The molecule has 1 aliphatic carbocycles. The number of hydrogen-bond acceptors (Lipinski definition) is 6. The molecule has 1 atom stereocenters. The van der Waals surface area contributed by atoms with Gasteiger partial charge in [-0.25, -0.2) is 4.79 Å². The fraction of sp³-hybridized carbons (Fsp3) is 0.476. The van der Waals surface area contributed by atoms with Gasteiger partial charge in [0.2, 0.25) is 11.6 Å². The number of fused-ring (bicyclic) bond motifs is 2. The predicted octanol–water partition coefficient (Wildman–Crippen LogP) is 1.19. The summed E-state index contributed by atoms with van der Waals surface area (Å²) in [5.74, 6) is 0.188. The second-order valence-electron chi connectivity index (χ2n) is 8.03. The molecule has 1 aromatic rings. The Kier molecular flexibility index (Phi) is 4.63. The highest BCUT2D eigenvalue weighted by atomic mass is 32.2. The molecular formula is C21H23N2O5S+. The molecule has 7 nitrogen and oxygen atoms in total. The molecule has 0 saturated carbocycles. The van der Waals surface area contributed by atoms with Crippen LogP contribution in [0.1, 0.15) is 35.2 Å². The number of hydrogen-bond donors (Lipinski definition) is 1. The average Bonchev–Trinajstić information content (AvgIpc) is 3.25. The first-order chi connectivity index (χ1) is 14.1.